The van der Waals surface area contributed by atoms with E-state index in [9.17, 15) is 4.79 Å². The number of nitrogen functional groups attached to an aromatic ring is 1. The van der Waals surface area contributed by atoms with E-state index in [0.717, 1.165) is 12.5 Å². The van der Waals surface area contributed by atoms with Gasteiger partial charge in [-0.25, -0.2) is 9.78 Å². The normalized spacial score (nSPS) is 22.0. The Hall–Kier alpha value is -1.78. The monoisotopic (exact) mass is 235 g/mol. The van der Waals surface area contributed by atoms with E-state index in [1.807, 2.05) is 0 Å². The number of hydrogen-bond acceptors (Lipinski definition) is 5. The average Bonchev–Trinajstić information content (AvgIpc) is 3.02. The molecule has 0 saturated heterocycles. The third-order valence-electron chi connectivity index (χ3n) is 3.12. The van der Waals surface area contributed by atoms with Crippen LogP contribution in [0.25, 0.3) is 0 Å². The summed E-state index contributed by atoms with van der Waals surface area (Å²) in [4.78, 5) is 15.7. The number of nitrogens with zero attached hydrogens (tertiary/aromatic N) is 1. The summed E-state index contributed by atoms with van der Waals surface area (Å²) in [7, 11) is 1.35. The van der Waals surface area contributed by atoms with Gasteiger partial charge in [0.15, 0.2) is 0 Å². The van der Waals surface area contributed by atoms with Crippen LogP contribution in [0.3, 0.4) is 0 Å². The van der Waals surface area contributed by atoms with Gasteiger partial charge in [0.2, 0.25) is 0 Å². The van der Waals surface area contributed by atoms with Gasteiger partial charge in [0.25, 0.3) is 0 Å². The van der Waals surface area contributed by atoms with E-state index in [4.69, 9.17) is 10.5 Å². The van der Waals surface area contributed by atoms with Gasteiger partial charge < -0.3 is 15.8 Å². The van der Waals surface area contributed by atoms with E-state index in [1.165, 1.54) is 19.7 Å². The lowest BCUT2D eigenvalue weighted by Crippen LogP contribution is -2.13. The van der Waals surface area contributed by atoms with Crippen LogP contribution in [0, 0.1) is 11.8 Å². The average molecular weight is 235 g/mol. The Balaban J connectivity index is 2.11. The highest BCUT2D eigenvalue weighted by Gasteiger charge is 2.32. The topological polar surface area (TPSA) is 77.2 Å². The van der Waals surface area contributed by atoms with Crippen LogP contribution in [0.1, 0.15) is 23.7 Å². The fourth-order valence-corrected chi connectivity index (χ4v) is 1.80. The van der Waals surface area contributed by atoms with E-state index in [0.29, 0.717) is 23.0 Å². The second-order valence-electron chi connectivity index (χ2n) is 4.51. The van der Waals surface area contributed by atoms with E-state index < -0.39 is 5.97 Å². The van der Waals surface area contributed by atoms with Crippen molar-refractivity contribution in [2.75, 3.05) is 24.7 Å². The molecule has 1 aliphatic carbocycles. The van der Waals surface area contributed by atoms with E-state index >= 15 is 0 Å². The van der Waals surface area contributed by atoms with Crippen LogP contribution >= 0.6 is 0 Å². The van der Waals surface area contributed by atoms with Crippen LogP contribution in [0.5, 0.6) is 0 Å². The van der Waals surface area contributed by atoms with Crippen LogP contribution in [0.15, 0.2) is 12.3 Å². The summed E-state index contributed by atoms with van der Waals surface area (Å²) < 4.78 is 4.70. The number of carbonyl (C=O) groups is 1. The Morgan fingerprint density at radius 3 is 3.00 bits per heavy atom. The van der Waals surface area contributed by atoms with Gasteiger partial charge >= 0.3 is 5.97 Å². The Kier molecular flexibility index (Phi) is 3.17. The molecule has 2 unspecified atom stereocenters. The number of aromatic nitrogens is 1. The zero-order valence-corrected chi connectivity index (χ0v) is 10.1. The maximum absolute atomic E-state index is 11.6. The number of rotatable bonds is 4. The van der Waals surface area contributed by atoms with E-state index in [-0.39, 0.29) is 0 Å². The van der Waals surface area contributed by atoms with Gasteiger partial charge in [-0.3, -0.25) is 0 Å². The van der Waals surface area contributed by atoms with Crippen molar-refractivity contribution >= 4 is 17.5 Å². The lowest BCUT2D eigenvalue weighted by molar-refractivity contribution is 0.0601. The maximum Gasteiger partial charge on any atom is 0.341 e. The minimum Gasteiger partial charge on any atom is -0.465 e. The molecule has 0 aliphatic heterocycles. The molecule has 17 heavy (non-hydrogen) atoms. The second kappa shape index (κ2) is 4.61. The molecule has 1 fully saturated rings. The van der Waals surface area contributed by atoms with Crippen molar-refractivity contribution in [1.29, 1.82) is 0 Å². The Morgan fingerprint density at radius 2 is 2.41 bits per heavy atom. The number of methoxy groups -OCH3 is 1. The number of hydrogen-bond donors (Lipinski definition) is 2. The first-order valence-electron chi connectivity index (χ1n) is 5.69. The number of nitrogens with one attached hydrogen (secondary N) is 1. The number of carbonyl (C=O) groups excluding carboxylic acids is 1. The van der Waals surface area contributed by atoms with E-state index in [1.54, 1.807) is 6.07 Å². The van der Waals surface area contributed by atoms with Crippen molar-refractivity contribution < 1.29 is 9.53 Å². The summed E-state index contributed by atoms with van der Waals surface area (Å²) in [6.45, 7) is 3.05. The number of pyridine rings is 1. The fourth-order valence-electron chi connectivity index (χ4n) is 1.80. The van der Waals surface area contributed by atoms with Crippen molar-refractivity contribution in [3.05, 3.63) is 17.8 Å². The molecular weight excluding hydrogens is 218 g/mol. The molecule has 0 spiro atoms. The van der Waals surface area contributed by atoms with Crippen molar-refractivity contribution in [2.45, 2.75) is 13.3 Å². The summed E-state index contributed by atoms with van der Waals surface area (Å²) in [5, 5.41) is 3.18. The maximum atomic E-state index is 11.6. The Labute approximate surface area is 100 Å². The van der Waals surface area contributed by atoms with Crippen LogP contribution in [-0.4, -0.2) is 24.6 Å². The molecule has 1 aromatic rings. The highest BCUT2D eigenvalue weighted by atomic mass is 16.5. The molecule has 2 rings (SSSR count). The molecule has 92 valence electrons. The molecule has 2 atom stereocenters. The molecule has 0 bridgehead atoms. The van der Waals surface area contributed by atoms with Crippen molar-refractivity contribution in [2.24, 2.45) is 11.8 Å². The lowest BCUT2D eigenvalue weighted by atomic mass is 10.2. The van der Waals surface area contributed by atoms with Gasteiger partial charge in [-0.1, -0.05) is 6.92 Å². The minimum atomic E-state index is -0.420. The summed E-state index contributed by atoms with van der Waals surface area (Å²) in [5.74, 6) is 1.57. The van der Waals surface area contributed by atoms with Gasteiger partial charge in [0.1, 0.15) is 11.4 Å². The molecule has 0 amide bonds. The summed E-state index contributed by atoms with van der Waals surface area (Å²) in [6.07, 6.45) is 2.76. The third-order valence-corrected chi connectivity index (χ3v) is 3.12. The molecule has 3 N–H and O–H groups in total. The molecule has 1 aliphatic rings. The van der Waals surface area contributed by atoms with Gasteiger partial charge in [-0.2, -0.15) is 0 Å². The molecule has 1 heterocycles. The summed E-state index contributed by atoms with van der Waals surface area (Å²) >= 11 is 0. The molecule has 1 aromatic heterocycles. The van der Waals surface area contributed by atoms with Crippen molar-refractivity contribution in [1.82, 2.24) is 4.98 Å². The molecule has 0 radical (unpaired) electrons. The largest absolute Gasteiger partial charge is 0.465 e. The van der Waals surface area contributed by atoms with Crippen molar-refractivity contribution in [3.8, 4) is 0 Å². The first-order valence-corrected chi connectivity index (χ1v) is 5.69. The lowest BCUT2D eigenvalue weighted by Gasteiger charge is -2.09. The Bertz CT molecular complexity index is 434. The third kappa shape index (κ3) is 2.67. The molecule has 1 saturated carbocycles. The van der Waals surface area contributed by atoms with Gasteiger partial charge in [-0.05, 0) is 24.3 Å². The van der Waals surface area contributed by atoms with Gasteiger partial charge in [0.05, 0.1) is 19.0 Å². The molecule has 5 heteroatoms. The van der Waals surface area contributed by atoms with E-state index in [2.05, 4.69) is 17.2 Å². The van der Waals surface area contributed by atoms with Crippen LogP contribution < -0.4 is 11.1 Å². The number of anilines is 2. The van der Waals surface area contributed by atoms with Gasteiger partial charge in [-0.15, -0.1) is 0 Å². The highest BCUT2D eigenvalue weighted by Crippen LogP contribution is 2.37. The van der Waals surface area contributed by atoms with Crippen LogP contribution in [-0.2, 0) is 4.74 Å². The standard InChI is InChI=1S/C12H17N3O2/c1-7-3-8(7)5-14-11-10(12(16)17-2)4-9(13)6-15-11/h4,6-8H,3,5,13H2,1-2H3,(H,14,15). The summed E-state index contributed by atoms with van der Waals surface area (Å²) in [5.41, 5.74) is 6.46. The van der Waals surface area contributed by atoms with Crippen LogP contribution in [0.4, 0.5) is 11.5 Å². The minimum absolute atomic E-state index is 0.390. The quantitative estimate of drug-likeness (QED) is 0.774. The van der Waals surface area contributed by atoms with Crippen LogP contribution in [0.2, 0.25) is 0 Å². The summed E-state index contributed by atoms with van der Waals surface area (Å²) in [6, 6.07) is 1.58. The molecule has 0 aromatic carbocycles. The van der Waals surface area contributed by atoms with Crippen molar-refractivity contribution in [3.63, 3.8) is 0 Å². The number of nitrogens with two attached hydrogens (primary N) is 1. The van der Waals surface area contributed by atoms with Gasteiger partial charge in [0, 0.05) is 6.54 Å². The fraction of sp³-hybridized carbons (Fsp3) is 0.500. The first-order chi connectivity index (χ1) is 8.11. The smallest absolute Gasteiger partial charge is 0.341 e. The zero-order valence-electron chi connectivity index (χ0n) is 10.1. The number of esters is 1. The predicted molar refractivity (Wildman–Crippen MR) is 65.7 cm³/mol. The Morgan fingerprint density at radius 1 is 1.71 bits per heavy atom. The predicted octanol–water partition coefficient (Wildman–Crippen LogP) is 1.52. The zero-order chi connectivity index (χ0) is 12.4. The molecule has 5 nitrogen and oxygen atoms in total. The SMILES string of the molecule is COC(=O)c1cc(N)cnc1NCC1CC1C. The first kappa shape index (κ1) is 11.7. The highest BCUT2D eigenvalue weighted by molar-refractivity contribution is 5.95. The second-order valence-corrected chi connectivity index (χ2v) is 4.51. The number of ether oxygens (including phenoxy) is 1. The molecular formula is C12H17N3O2.